The lowest BCUT2D eigenvalue weighted by Crippen LogP contribution is -2.50. The first-order valence-corrected chi connectivity index (χ1v) is 9.43. The first kappa shape index (κ1) is 19.5. The van der Waals surface area contributed by atoms with Gasteiger partial charge in [0.15, 0.2) is 5.16 Å². The Hall–Kier alpha value is -1.83. The number of hydrogen-bond donors (Lipinski definition) is 1. The van der Waals surface area contributed by atoms with Gasteiger partial charge in [-0.25, -0.2) is 14.8 Å². The van der Waals surface area contributed by atoms with Crippen LogP contribution in [-0.2, 0) is 14.9 Å². The van der Waals surface area contributed by atoms with Gasteiger partial charge in [0.05, 0.1) is 12.3 Å². The van der Waals surface area contributed by atoms with Crippen molar-refractivity contribution in [2.24, 2.45) is 5.41 Å². The van der Waals surface area contributed by atoms with Crippen LogP contribution in [0.3, 0.4) is 0 Å². The van der Waals surface area contributed by atoms with E-state index >= 15 is 0 Å². The molecule has 1 saturated heterocycles. The van der Waals surface area contributed by atoms with Crippen molar-refractivity contribution in [2.45, 2.75) is 44.2 Å². The van der Waals surface area contributed by atoms with Gasteiger partial charge in [-0.05, 0) is 30.6 Å². The zero-order valence-electron chi connectivity index (χ0n) is 15.1. The highest BCUT2D eigenvalue weighted by Gasteiger charge is 2.47. The minimum Gasteiger partial charge on any atom is -0.465 e. The van der Waals surface area contributed by atoms with E-state index in [0.29, 0.717) is 30.3 Å². The topological polar surface area (TPSA) is 92.6 Å². The predicted octanol–water partition coefficient (Wildman–Crippen LogP) is 2.80. The van der Waals surface area contributed by atoms with Crippen molar-refractivity contribution in [1.29, 1.82) is 0 Å². The fourth-order valence-corrected chi connectivity index (χ4v) is 3.13. The lowest BCUT2D eigenvalue weighted by Gasteiger charge is -2.39. The van der Waals surface area contributed by atoms with Crippen LogP contribution in [0.15, 0.2) is 17.4 Å². The van der Waals surface area contributed by atoms with E-state index in [4.69, 9.17) is 4.74 Å². The number of likely N-dealkylation sites (tertiary alicyclic amines) is 1. The second-order valence-electron chi connectivity index (χ2n) is 7.42. The molecule has 2 rings (SSSR count). The summed E-state index contributed by atoms with van der Waals surface area (Å²) < 4.78 is 5.60. The van der Waals surface area contributed by atoms with Gasteiger partial charge < -0.3 is 14.7 Å². The molecule has 0 spiro atoms. The molecule has 138 valence electrons. The van der Waals surface area contributed by atoms with Crippen LogP contribution >= 0.6 is 11.8 Å². The molecule has 0 saturated carbocycles. The number of piperidine rings is 1. The number of rotatable bonds is 4. The lowest BCUT2D eigenvalue weighted by atomic mass is 9.75. The van der Waals surface area contributed by atoms with Gasteiger partial charge in [0.2, 0.25) is 0 Å². The molecular weight excluding hydrogens is 342 g/mol. The summed E-state index contributed by atoms with van der Waals surface area (Å²) in [7, 11) is 0. The highest BCUT2D eigenvalue weighted by atomic mass is 32.2. The zero-order chi connectivity index (χ0) is 18.7. The normalized spacial score (nSPS) is 17.2. The van der Waals surface area contributed by atoms with Crippen LogP contribution in [0.1, 0.15) is 39.3 Å². The number of thioether (sulfide) groups is 1. The molecule has 0 aromatic carbocycles. The maximum Gasteiger partial charge on any atom is 0.407 e. The van der Waals surface area contributed by atoms with Gasteiger partial charge in [-0.15, -0.1) is 0 Å². The summed E-state index contributed by atoms with van der Waals surface area (Å²) in [5.41, 5.74) is -0.463. The monoisotopic (exact) mass is 367 g/mol. The molecule has 1 fully saturated rings. The third-order valence-electron chi connectivity index (χ3n) is 4.22. The summed E-state index contributed by atoms with van der Waals surface area (Å²) in [6.45, 7) is 6.84. The standard InChI is InChI=1S/C17H25N3O4S/c1-16(2,3)11-24-13(21)17(6-9-20(10-7-17)15(22)23)12-5-8-18-14(19-12)25-4/h5,8H,6-7,9-11H2,1-4H3,(H,22,23). The number of nitrogens with zero attached hydrogens (tertiary/aromatic N) is 3. The molecule has 1 N–H and O–H groups in total. The molecule has 1 aromatic heterocycles. The summed E-state index contributed by atoms with van der Waals surface area (Å²) in [6, 6.07) is 1.73. The molecule has 1 aliphatic rings. The Morgan fingerprint density at radius 2 is 2.00 bits per heavy atom. The van der Waals surface area contributed by atoms with Gasteiger partial charge >= 0.3 is 12.1 Å². The van der Waals surface area contributed by atoms with E-state index in [0.717, 1.165) is 0 Å². The molecular formula is C17H25N3O4S. The number of carbonyl (C=O) groups excluding carboxylic acids is 1. The average Bonchev–Trinajstić information content (AvgIpc) is 2.59. The van der Waals surface area contributed by atoms with Gasteiger partial charge in [-0.3, -0.25) is 4.79 Å². The van der Waals surface area contributed by atoms with Crippen LogP contribution < -0.4 is 0 Å². The SMILES string of the molecule is CSc1nccc(C2(C(=O)OCC(C)(C)C)CCN(C(=O)O)CC2)n1. The molecule has 1 aromatic rings. The Morgan fingerprint density at radius 3 is 2.52 bits per heavy atom. The number of amides is 1. The van der Waals surface area contributed by atoms with E-state index in [1.807, 2.05) is 27.0 Å². The molecule has 0 radical (unpaired) electrons. The predicted molar refractivity (Wildman–Crippen MR) is 94.7 cm³/mol. The van der Waals surface area contributed by atoms with Gasteiger partial charge in [-0.2, -0.15) is 0 Å². The minimum atomic E-state index is -0.968. The molecule has 1 amide bonds. The Bertz CT molecular complexity index is 637. The Kier molecular flexibility index (Phi) is 5.92. The number of aromatic nitrogens is 2. The minimum absolute atomic E-state index is 0.144. The van der Waals surface area contributed by atoms with Gasteiger partial charge in [0, 0.05) is 19.3 Å². The van der Waals surface area contributed by atoms with Crippen molar-refractivity contribution in [1.82, 2.24) is 14.9 Å². The third-order valence-corrected chi connectivity index (χ3v) is 4.78. The van der Waals surface area contributed by atoms with Crippen molar-refractivity contribution in [3.63, 3.8) is 0 Å². The fraction of sp³-hybridized carbons (Fsp3) is 0.647. The maximum atomic E-state index is 13.0. The van der Waals surface area contributed by atoms with Crippen molar-refractivity contribution in [3.8, 4) is 0 Å². The van der Waals surface area contributed by atoms with E-state index in [2.05, 4.69) is 9.97 Å². The zero-order valence-corrected chi connectivity index (χ0v) is 15.9. The molecule has 0 bridgehead atoms. The van der Waals surface area contributed by atoms with Crippen molar-refractivity contribution in [3.05, 3.63) is 18.0 Å². The fourth-order valence-electron chi connectivity index (χ4n) is 2.77. The van der Waals surface area contributed by atoms with E-state index in [1.165, 1.54) is 16.7 Å². The van der Waals surface area contributed by atoms with Gasteiger partial charge in [0.1, 0.15) is 5.41 Å². The Balaban J connectivity index is 2.31. The second-order valence-corrected chi connectivity index (χ2v) is 8.19. The summed E-state index contributed by atoms with van der Waals surface area (Å²) in [6.07, 6.45) is 3.25. The van der Waals surface area contributed by atoms with E-state index in [-0.39, 0.29) is 24.5 Å². The van der Waals surface area contributed by atoms with Crippen LogP contribution in [0.4, 0.5) is 4.79 Å². The Morgan fingerprint density at radius 1 is 1.36 bits per heavy atom. The first-order valence-electron chi connectivity index (χ1n) is 8.20. The lowest BCUT2D eigenvalue weighted by molar-refractivity contribution is -0.155. The van der Waals surface area contributed by atoms with Gasteiger partial charge in [0.25, 0.3) is 0 Å². The quantitative estimate of drug-likeness (QED) is 0.497. The second kappa shape index (κ2) is 7.59. The van der Waals surface area contributed by atoms with Crippen LogP contribution in [-0.4, -0.2) is 58.0 Å². The van der Waals surface area contributed by atoms with Crippen molar-refractivity contribution in [2.75, 3.05) is 26.0 Å². The molecule has 0 atom stereocenters. The van der Waals surface area contributed by atoms with E-state index in [9.17, 15) is 14.7 Å². The largest absolute Gasteiger partial charge is 0.465 e. The van der Waals surface area contributed by atoms with Crippen LogP contribution in [0, 0.1) is 5.41 Å². The highest BCUT2D eigenvalue weighted by molar-refractivity contribution is 7.98. The smallest absolute Gasteiger partial charge is 0.407 e. The summed E-state index contributed by atoms with van der Waals surface area (Å²) in [4.78, 5) is 34.2. The number of carboxylic acid groups (broad SMARTS) is 1. The van der Waals surface area contributed by atoms with Crippen LogP contribution in [0.2, 0.25) is 0 Å². The summed E-state index contributed by atoms with van der Waals surface area (Å²) in [5.74, 6) is -0.335. The molecule has 0 unspecified atom stereocenters. The number of hydrogen-bond acceptors (Lipinski definition) is 6. The van der Waals surface area contributed by atoms with Crippen LogP contribution in [0.5, 0.6) is 0 Å². The van der Waals surface area contributed by atoms with Gasteiger partial charge in [-0.1, -0.05) is 32.5 Å². The molecule has 25 heavy (non-hydrogen) atoms. The number of ether oxygens (including phenoxy) is 1. The van der Waals surface area contributed by atoms with Crippen molar-refractivity contribution >= 4 is 23.8 Å². The molecule has 8 heteroatoms. The van der Waals surface area contributed by atoms with Crippen molar-refractivity contribution < 1.29 is 19.4 Å². The Labute approximate surface area is 152 Å². The molecule has 7 nitrogen and oxygen atoms in total. The summed E-state index contributed by atoms with van der Waals surface area (Å²) in [5, 5.41) is 9.78. The van der Waals surface area contributed by atoms with E-state index in [1.54, 1.807) is 12.3 Å². The average molecular weight is 367 g/mol. The van der Waals surface area contributed by atoms with Crippen LogP contribution in [0.25, 0.3) is 0 Å². The summed E-state index contributed by atoms with van der Waals surface area (Å²) >= 11 is 1.40. The molecule has 0 aliphatic carbocycles. The first-order chi connectivity index (χ1) is 11.7. The highest BCUT2D eigenvalue weighted by Crippen LogP contribution is 2.37. The molecule has 1 aliphatic heterocycles. The number of carbonyl (C=O) groups is 2. The number of esters is 1. The maximum absolute atomic E-state index is 13.0. The molecule has 2 heterocycles. The third kappa shape index (κ3) is 4.62. The van der Waals surface area contributed by atoms with E-state index < -0.39 is 11.5 Å².